The second kappa shape index (κ2) is 10.2. The number of ether oxygens (including phenoxy) is 3. The Morgan fingerprint density at radius 2 is 1.60 bits per heavy atom. The number of nitrogens with one attached hydrogen (secondary N) is 1. The molecule has 0 aliphatic rings. The van der Waals surface area contributed by atoms with Crippen LogP contribution in [0.5, 0.6) is 17.2 Å². The van der Waals surface area contributed by atoms with Gasteiger partial charge in [0.1, 0.15) is 17.2 Å². The monoisotopic (exact) mass is 343 g/mol. The third-order valence-corrected chi connectivity index (χ3v) is 3.42. The molecule has 0 radical (unpaired) electrons. The third-order valence-electron chi connectivity index (χ3n) is 3.42. The van der Waals surface area contributed by atoms with Crippen LogP contribution >= 0.6 is 0 Å². The van der Waals surface area contributed by atoms with E-state index in [-0.39, 0.29) is 12.5 Å². The van der Waals surface area contributed by atoms with Crippen LogP contribution < -0.4 is 19.5 Å². The zero-order valence-electron chi connectivity index (χ0n) is 14.8. The Morgan fingerprint density at radius 1 is 0.920 bits per heavy atom. The van der Waals surface area contributed by atoms with Crippen LogP contribution in [0.4, 0.5) is 5.69 Å². The van der Waals surface area contributed by atoms with E-state index < -0.39 is 0 Å². The highest BCUT2D eigenvalue weighted by Gasteiger charge is 2.08. The lowest BCUT2D eigenvalue weighted by atomic mass is 10.3. The van der Waals surface area contributed by atoms with Crippen LogP contribution in [0.15, 0.2) is 48.5 Å². The minimum atomic E-state index is -0.240. The highest BCUT2D eigenvalue weighted by molar-refractivity contribution is 5.93. The van der Waals surface area contributed by atoms with Crippen molar-refractivity contribution in [3.05, 3.63) is 48.5 Å². The van der Waals surface area contributed by atoms with Gasteiger partial charge >= 0.3 is 0 Å². The summed E-state index contributed by atoms with van der Waals surface area (Å²) in [5, 5.41) is 2.80. The maximum atomic E-state index is 12.1. The predicted molar refractivity (Wildman–Crippen MR) is 98.6 cm³/mol. The molecule has 2 aromatic rings. The molecule has 25 heavy (non-hydrogen) atoms. The van der Waals surface area contributed by atoms with E-state index in [1.807, 2.05) is 37.3 Å². The molecule has 0 aliphatic carbocycles. The topological polar surface area (TPSA) is 56.8 Å². The molecule has 2 rings (SSSR count). The molecular formula is C20H25NO4. The van der Waals surface area contributed by atoms with Gasteiger partial charge in [-0.25, -0.2) is 0 Å². The van der Waals surface area contributed by atoms with Gasteiger partial charge in [-0.3, -0.25) is 4.79 Å². The van der Waals surface area contributed by atoms with Gasteiger partial charge in [-0.05, 0) is 49.7 Å². The lowest BCUT2D eigenvalue weighted by Gasteiger charge is -2.12. The molecular weight excluding hydrogens is 318 g/mol. The Balaban J connectivity index is 1.82. The zero-order chi connectivity index (χ0) is 17.9. The van der Waals surface area contributed by atoms with Crippen LogP contribution in [0.3, 0.4) is 0 Å². The normalized spacial score (nSPS) is 10.2. The van der Waals surface area contributed by atoms with E-state index in [0.29, 0.717) is 30.4 Å². The van der Waals surface area contributed by atoms with Gasteiger partial charge < -0.3 is 19.5 Å². The SMILES string of the molecule is CCCCOc1ccc(OCC(=O)Nc2ccccc2OCC)cc1. The summed E-state index contributed by atoms with van der Waals surface area (Å²) in [4.78, 5) is 12.1. The van der Waals surface area contributed by atoms with Crippen molar-refractivity contribution in [1.29, 1.82) is 0 Å². The Morgan fingerprint density at radius 3 is 2.28 bits per heavy atom. The molecule has 0 spiro atoms. The highest BCUT2D eigenvalue weighted by atomic mass is 16.5. The minimum absolute atomic E-state index is 0.0729. The summed E-state index contributed by atoms with van der Waals surface area (Å²) in [6.45, 7) is 5.19. The summed E-state index contributed by atoms with van der Waals surface area (Å²) < 4.78 is 16.6. The molecule has 1 amide bonds. The molecule has 134 valence electrons. The quantitative estimate of drug-likeness (QED) is 0.654. The van der Waals surface area contributed by atoms with E-state index in [4.69, 9.17) is 14.2 Å². The van der Waals surface area contributed by atoms with Crippen molar-refractivity contribution in [2.75, 3.05) is 25.1 Å². The number of unbranched alkanes of at least 4 members (excludes halogenated alkanes) is 1. The van der Waals surface area contributed by atoms with Crippen molar-refractivity contribution in [2.24, 2.45) is 0 Å². The average Bonchev–Trinajstić information content (AvgIpc) is 2.63. The lowest BCUT2D eigenvalue weighted by molar-refractivity contribution is -0.118. The second-order valence-corrected chi connectivity index (χ2v) is 5.44. The summed E-state index contributed by atoms with van der Waals surface area (Å²) in [6.07, 6.45) is 2.13. The second-order valence-electron chi connectivity index (χ2n) is 5.44. The number of carbonyl (C=O) groups excluding carboxylic acids is 1. The number of amides is 1. The van der Waals surface area contributed by atoms with Gasteiger partial charge in [0.05, 0.1) is 18.9 Å². The molecule has 0 aliphatic heterocycles. The molecule has 0 unspecified atom stereocenters. The lowest BCUT2D eigenvalue weighted by Crippen LogP contribution is -2.20. The number of carbonyl (C=O) groups is 1. The van der Waals surface area contributed by atoms with Crippen LogP contribution in [-0.4, -0.2) is 25.7 Å². The fourth-order valence-electron chi connectivity index (χ4n) is 2.15. The van der Waals surface area contributed by atoms with Gasteiger partial charge in [-0.2, -0.15) is 0 Å². The molecule has 0 atom stereocenters. The van der Waals surface area contributed by atoms with Gasteiger partial charge in [-0.1, -0.05) is 25.5 Å². The first kappa shape index (κ1) is 18.6. The summed E-state index contributed by atoms with van der Waals surface area (Å²) in [6, 6.07) is 14.6. The summed E-state index contributed by atoms with van der Waals surface area (Å²) >= 11 is 0. The first-order chi connectivity index (χ1) is 12.2. The molecule has 5 heteroatoms. The Labute approximate surface area is 148 Å². The van der Waals surface area contributed by atoms with Crippen LogP contribution in [0.2, 0.25) is 0 Å². The maximum Gasteiger partial charge on any atom is 0.262 e. The molecule has 2 aromatic carbocycles. The van der Waals surface area contributed by atoms with Crippen molar-refractivity contribution >= 4 is 11.6 Å². The van der Waals surface area contributed by atoms with E-state index in [9.17, 15) is 4.79 Å². The van der Waals surface area contributed by atoms with Crippen molar-refractivity contribution in [1.82, 2.24) is 0 Å². The van der Waals surface area contributed by atoms with Crippen LogP contribution in [0, 0.1) is 0 Å². The summed E-state index contributed by atoms with van der Waals surface area (Å²) in [5.41, 5.74) is 0.637. The summed E-state index contributed by atoms with van der Waals surface area (Å²) in [5.74, 6) is 1.83. The van der Waals surface area contributed by atoms with Gasteiger partial charge in [0.15, 0.2) is 6.61 Å². The molecule has 0 heterocycles. The zero-order valence-corrected chi connectivity index (χ0v) is 14.8. The molecule has 0 fully saturated rings. The van der Waals surface area contributed by atoms with E-state index in [0.717, 1.165) is 18.6 Å². The number of benzene rings is 2. The molecule has 1 N–H and O–H groups in total. The van der Waals surface area contributed by atoms with Crippen LogP contribution in [-0.2, 0) is 4.79 Å². The number of hydrogen-bond acceptors (Lipinski definition) is 4. The smallest absolute Gasteiger partial charge is 0.262 e. The van der Waals surface area contributed by atoms with E-state index >= 15 is 0 Å². The number of rotatable bonds is 10. The fourth-order valence-corrected chi connectivity index (χ4v) is 2.15. The Bertz CT molecular complexity index is 655. The van der Waals surface area contributed by atoms with E-state index in [1.54, 1.807) is 18.2 Å². The maximum absolute atomic E-state index is 12.1. The molecule has 0 aromatic heterocycles. The van der Waals surface area contributed by atoms with Crippen molar-refractivity contribution in [3.8, 4) is 17.2 Å². The molecule has 5 nitrogen and oxygen atoms in total. The van der Waals surface area contributed by atoms with Crippen molar-refractivity contribution < 1.29 is 19.0 Å². The first-order valence-electron chi connectivity index (χ1n) is 8.60. The van der Waals surface area contributed by atoms with Crippen LogP contribution in [0.1, 0.15) is 26.7 Å². The fraction of sp³-hybridized carbons (Fsp3) is 0.350. The highest BCUT2D eigenvalue weighted by Crippen LogP contribution is 2.23. The first-order valence-corrected chi connectivity index (χ1v) is 8.60. The van der Waals surface area contributed by atoms with Gasteiger partial charge in [0, 0.05) is 0 Å². The van der Waals surface area contributed by atoms with Crippen molar-refractivity contribution in [2.45, 2.75) is 26.7 Å². The number of hydrogen-bond donors (Lipinski definition) is 1. The summed E-state index contributed by atoms with van der Waals surface area (Å²) in [7, 11) is 0. The largest absolute Gasteiger partial charge is 0.494 e. The minimum Gasteiger partial charge on any atom is -0.494 e. The molecule has 0 saturated carbocycles. The standard InChI is InChI=1S/C20H25NO4/c1-3-5-14-24-16-10-12-17(13-11-16)25-15-20(22)21-18-8-6-7-9-19(18)23-4-2/h6-13H,3-5,14-15H2,1-2H3,(H,21,22). The average molecular weight is 343 g/mol. The van der Waals surface area contributed by atoms with Crippen LogP contribution in [0.25, 0.3) is 0 Å². The van der Waals surface area contributed by atoms with Gasteiger partial charge in [0.25, 0.3) is 5.91 Å². The van der Waals surface area contributed by atoms with Crippen molar-refractivity contribution in [3.63, 3.8) is 0 Å². The number of para-hydroxylation sites is 2. The number of anilines is 1. The van der Waals surface area contributed by atoms with Gasteiger partial charge in [0.2, 0.25) is 0 Å². The molecule has 0 bridgehead atoms. The van der Waals surface area contributed by atoms with E-state index in [1.165, 1.54) is 0 Å². The molecule has 0 saturated heterocycles. The Kier molecular flexibility index (Phi) is 7.63. The Hall–Kier alpha value is -2.69. The van der Waals surface area contributed by atoms with E-state index in [2.05, 4.69) is 12.2 Å². The predicted octanol–water partition coefficient (Wildman–Crippen LogP) is 4.28. The van der Waals surface area contributed by atoms with Gasteiger partial charge in [-0.15, -0.1) is 0 Å². The third kappa shape index (κ3) is 6.37.